The second-order valence-corrected chi connectivity index (χ2v) is 8.57. The molecule has 0 unspecified atom stereocenters. The fraction of sp³-hybridized carbons (Fsp3) is 0.520. The Hall–Kier alpha value is -2.40. The number of likely N-dealkylation sites (tertiary alicyclic amines) is 1. The predicted molar refractivity (Wildman–Crippen MR) is 118 cm³/mol. The summed E-state index contributed by atoms with van der Waals surface area (Å²) in [7, 11) is 0. The molecule has 0 radical (unpaired) electrons. The van der Waals surface area contributed by atoms with Gasteiger partial charge in [-0.05, 0) is 37.8 Å². The minimum Gasteiger partial charge on any atom is -0.489 e. The van der Waals surface area contributed by atoms with Crippen molar-refractivity contribution in [2.75, 3.05) is 13.1 Å². The summed E-state index contributed by atoms with van der Waals surface area (Å²) >= 11 is 0. The molecular formula is C25H33N3O2. The van der Waals surface area contributed by atoms with Crippen LogP contribution in [0.4, 0.5) is 0 Å². The van der Waals surface area contributed by atoms with Crippen LogP contribution in [0, 0.1) is 5.92 Å². The normalized spacial score (nSPS) is 18.3. The molecule has 1 saturated carbocycles. The summed E-state index contributed by atoms with van der Waals surface area (Å²) in [5.74, 6) is 1.60. The van der Waals surface area contributed by atoms with Gasteiger partial charge in [0.25, 0.3) is 0 Å². The number of carbonyl (C=O) groups excluding carboxylic acids is 1. The van der Waals surface area contributed by atoms with E-state index in [1.54, 1.807) is 6.20 Å². The lowest BCUT2D eigenvalue weighted by molar-refractivity contribution is -0.137. The monoisotopic (exact) mass is 407 g/mol. The molecule has 1 N–H and O–H groups in total. The van der Waals surface area contributed by atoms with Crippen molar-refractivity contribution in [3.8, 4) is 5.75 Å². The number of amides is 1. The van der Waals surface area contributed by atoms with E-state index in [1.807, 2.05) is 30.5 Å². The SMILES string of the molecule is O=C(C1CCCCC1)N1CCC(NCc2ccccc2OCc2cccnc2)CC1. The Labute approximate surface area is 179 Å². The van der Waals surface area contributed by atoms with E-state index in [4.69, 9.17) is 4.74 Å². The molecule has 160 valence electrons. The van der Waals surface area contributed by atoms with Crippen molar-refractivity contribution in [3.05, 3.63) is 59.9 Å². The molecule has 1 aliphatic heterocycles. The molecule has 30 heavy (non-hydrogen) atoms. The third-order valence-electron chi connectivity index (χ3n) is 6.43. The Morgan fingerprint density at radius 3 is 2.60 bits per heavy atom. The van der Waals surface area contributed by atoms with Crippen molar-refractivity contribution in [3.63, 3.8) is 0 Å². The molecule has 1 aliphatic carbocycles. The summed E-state index contributed by atoms with van der Waals surface area (Å²) < 4.78 is 6.05. The minimum absolute atomic E-state index is 0.284. The van der Waals surface area contributed by atoms with Gasteiger partial charge in [0.15, 0.2) is 0 Å². The lowest BCUT2D eigenvalue weighted by Gasteiger charge is -2.35. The number of benzene rings is 1. The molecule has 0 spiro atoms. The highest BCUT2D eigenvalue weighted by molar-refractivity contribution is 5.79. The highest BCUT2D eigenvalue weighted by atomic mass is 16.5. The van der Waals surface area contributed by atoms with Gasteiger partial charge in [-0.2, -0.15) is 0 Å². The molecule has 2 aliphatic rings. The second-order valence-electron chi connectivity index (χ2n) is 8.57. The highest BCUT2D eigenvalue weighted by Crippen LogP contribution is 2.27. The van der Waals surface area contributed by atoms with E-state index in [-0.39, 0.29) is 5.92 Å². The van der Waals surface area contributed by atoms with Gasteiger partial charge in [-0.25, -0.2) is 0 Å². The van der Waals surface area contributed by atoms with E-state index in [1.165, 1.54) is 24.8 Å². The maximum Gasteiger partial charge on any atom is 0.225 e. The van der Waals surface area contributed by atoms with E-state index in [2.05, 4.69) is 27.3 Å². The van der Waals surface area contributed by atoms with Crippen molar-refractivity contribution < 1.29 is 9.53 Å². The summed E-state index contributed by atoms with van der Waals surface area (Å²) in [6, 6.07) is 12.6. The Morgan fingerprint density at radius 1 is 1.03 bits per heavy atom. The van der Waals surface area contributed by atoms with Crippen LogP contribution in [0.25, 0.3) is 0 Å². The fourth-order valence-corrected chi connectivity index (χ4v) is 4.60. The lowest BCUT2D eigenvalue weighted by Crippen LogP contribution is -2.46. The van der Waals surface area contributed by atoms with E-state index >= 15 is 0 Å². The quantitative estimate of drug-likeness (QED) is 0.743. The van der Waals surface area contributed by atoms with Crippen molar-refractivity contribution in [2.45, 2.75) is 64.1 Å². The third-order valence-corrected chi connectivity index (χ3v) is 6.43. The molecular weight excluding hydrogens is 374 g/mol. The van der Waals surface area contributed by atoms with Gasteiger partial charge in [0.2, 0.25) is 5.91 Å². The van der Waals surface area contributed by atoms with Gasteiger partial charge < -0.3 is 15.0 Å². The van der Waals surface area contributed by atoms with Gasteiger partial charge in [-0.3, -0.25) is 9.78 Å². The van der Waals surface area contributed by atoms with Crippen LogP contribution < -0.4 is 10.1 Å². The maximum atomic E-state index is 12.8. The standard InChI is InChI=1S/C25H33N3O2/c29-25(21-8-2-1-3-9-21)28-15-12-23(13-16-28)27-18-22-10-4-5-11-24(22)30-19-20-7-6-14-26-17-20/h4-7,10-11,14,17,21,23,27H,1-3,8-9,12-13,15-16,18-19H2. The molecule has 1 aromatic carbocycles. The first-order valence-corrected chi connectivity index (χ1v) is 11.4. The largest absolute Gasteiger partial charge is 0.489 e. The number of carbonyl (C=O) groups is 1. The molecule has 5 nitrogen and oxygen atoms in total. The smallest absolute Gasteiger partial charge is 0.225 e. The van der Waals surface area contributed by atoms with Crippen molar-refractivity contribution in [1.29, 1.82) is 0 Å². The molecule has 2 heterocycles. The van der Waals surface area contributed by atoms with E-state index in [0.717, 1.165) is 56.6 Å². The van der Waals surface area contributed by atoms with Gasteiger partial charge >= 0.3 is 0 Å². The number of nitrogens with zero attached hydrogens (tertiary/aromatic N) is 2. The van der Waals surface area contributed by atoms with Gasteiger partial charge in [0, 0.05) is 55.1 Å². The zero-order valence-corrected chi connectivity index (χ0v) is 17.8. The zero-order valence-electron chi connectivity index (χ0n) is 17.8. The Morgan fingerprint density at radius 2 is 1.83 bits per heavy atom. The molecule has 2 aromatic rings. The van der Waals surface area contributed by atoms with Crippen LogP contribution in [-0.2, 0) is 17.9 Å². The van der Waals surface area contributed by atoms with Gasteiger partial charge in [-0.15, -0.1) is 0 Å². The van der Waals surface area contributed by atoms with Crippen LogP contribution in [0.2, 0.25) is 0 Å². The molecule has 1 amide bonds. The molecule has 1 saturated heterocycles. The van der Waals surface area contributed by atoms with Crippen LogP contribution in [0.15, 0.2) is 48.8 Å². The number of hydrogen-bond donors (Lipinski definition) is 1. The van der Waals surface area contributed by atoms with Gasteiger partial charge in [0.05, 0.1) is 0 Å². The Balaban J connectivity index is 1.24. The van der Waals surface area contributed by atoms with Crippen molar-refractivity contribution in [1.82, 2.24) is 15.2 Å². The number of ether oxygens (including phenoxy) is 1. The first-order valence-electron chi connectivity index (χ1n) is 11.4. The predicted octanol–water partition coefficient (Wildman–Crippen LogP) is 4.32. The third kappa shape index (κ3) is 5.60. The summed E-state index contributed by atoms with van der Waals surface area (Å²) in [6.07, 6.45) is 11.6. The van der Waals surface area contributed by atoms with Gasteiger partial charge in [0.1, 0.15) is 12.4 Å². The van der Waals surface area contributed by atoms with Crippen LogP contribution in [-0.4, -0.2) is 34.9 Å². The van der Waals surface area contributed by atoms with Crippen LogP contribution in [0.3, 0.4) is 0 Å². The first kappa shape index (κ1) is 20.9. The van der Waals surface area contributed by atoms with Crippen LogP contribution >= 0.6 is 0 Å². The fourth-order valence-electron chi connectivity index (χ4n) is 4.60. The summed E-state index contributed by atoms with van der Waals surface area (Å²) in [6.45, 7) is 3.06. The maximum absolute atomic E-state index is 12.8. The average molecular weight is 408 g/mol. The number of nitrogens with one attached hydrogen (secondary N) is 1. The number of rotatable bonds is 7. The lowest BCUT2D eigenvalue weighted by atomic mass is 9.87. The van der Waals surface area contributed by atoms with Crippen molar-refractivity contribution >= 4 is 5.91 Å². The minimum atomic E-state index is 0.284. The number of piperidine rings is 1. The summed E-state index contributed by atoms with van der Waals surface area (Å²) in [5.41, 5.74) is 2.23. The number of hydrogen-bond acceptors (Lipinski definition) is 4. The van der Waals surface area contributed by atoms with E-state index in [0.29, 0.717) is 18.6 Å². The average Bonchev–Trinajstić information content (AvgIpc) is 2.83. The zero-order chi connectivity index (χ0) is 20.6. The van der Waals surface area contributed by atoms with E-state index in [9.17, 15) is 4.79 Å². The second kappa shape index (κ2) is 10.6. The van der Waals surface area contributed by atoms with Crippen LogP contribution in [0.5, 0.6) is 5.75 Å². The summed E-state index contributed by atoms with van der Waals surface area (Å²) in [5, 5.41) is 3.69. The highest BCUT2D eigenvalue weighted by Gasteiger charge is 2.29. The molecule has 0 atom stereocenters. The van der Waals surface area contributed by atoms with Crippen LogP contribution in [0.1, 0.15) is 56.1 Å². The van der Waals surface area contributed by atoms with Crippen molar-refractivity contribution in [2.24, 2.45) is 5.92 Å². The first-order chi connectivity index (χ1) is 14.8. The molecule has 5 heteroatoms. The number of pyridine rings is 1. The molecule has 0 bridgehead atoms. The van der Waals surface area contributed by atoms with E-state index < -0.39 is 0 Å². The number of para-hydroxylation sites is 1. The number of aromatic nitrogens is 1. The summed E-state index contributed by atoms with van der Waals surface area (Å²) in [4.78, 5) is 19.0. The molecule has 1 aromatic heterocycles. The molecule has 4 rings (SSSR count). The topological polar surface area (TPSA) is 54.5 Å². The Bertz CT molecular complexity index is 797. The Kier molecular flexibility index (Phi) is 7.35. The molecule has 2 fully saturated rings. The van der Waals surface area contributed by atoms with Gasteiger partial charge in [-0.1, -0.05) is 43.5 Å².